The maximum atomic E-state index is 12.4. The zero-order valence-electron chi connectivity index (χ0n) is 11.0. The normalized spacial score (nSPS) is 11.3. The molecule has 2 radical (unpaired) electrons. The molecule has 17 heavy (non-hydrogen) atoms. The lowest BCUT2D eigenvalue weighted by Gasteiger charge is -2.24. The molecule has 1 aromatic heterocycles. The van der Waals surface area contributed by atoms with Crippen molar-refractivity contribution >= 4 is 13.5 Å². The van der Waals surface area contributed by atoms with E-state index < -0.39 is 0 Å². The quantitative estimate of drug-likeness (QED) is 0.630. The lowest BCUT2D eigenvalue weighted by molar-refractivity contribution is 0.641. The molecular formula is C13H19BN2O. The van der Waals surface area contributed by atoms with Crippen LogP contribution in [0.3, 0.4) is 0 Å². The van der Waals surface area contributed by atoms with Crippen LogP contribution in [0.25, 0.3) is 0 Å². The summed E-state index contributed by atoms with van der Waals surface area (Å²) in [5.41, 5.74) is 1.88. The summed E-state index contributed by atoms with van der Waals surface area (Å²) >= 11 is 0. The Morgan fingerprint density at radius 3 is 2.65 bits per heavy atom. The van der Waals surface area contributed by atoms with Gasteiger partial charge in [0.25, 0.3) is 0 Å². The number of hydrogen-bond acceptors (Lipinski definition) is 2. The fraction of sp³-hybridized carbons (Fsp3) is 0.462. The topological polar surface area (TPSA) is 34.0 Å². The molecule has 1 aromatic rings. The molecule has 0 saturated carbocycles. The van der Waals surface area contributed by atoms with Crippen LogP contribution >= 0.6 is 0 Å². The highest BCUT2D eigenvalue weighted by Crippen LogP contribution is 2.25. The molecule has 0 fully saturated rings. The van der Waals surface area contributed by atoms with Crippen molar-refractivity contribution in [3.05, 3.63) is 40.3 Å². The van der Waals surface area contributed by atoms with Gasteiger partial charge in [-0.3, -0.25) is 4.79 Å². The number of nitrogens with one attached hydrogen (secondary N) is 1. The first-order valence-corrected chi connectivity index (χ1v) is 5.63. The predicted octanol–water partition coefficient (Wildman–Crippen LogP) is 1.70. The van der Waals surface area contributed by atoms with E-state index in [1.165, 1.54) is 0 Å². The van der Waals surface area contributed by atoms with Crippen LogP contribution in [0.1, 0.15) is 25.1 Å². The summed E-state index contributed by atoms with van der Waals surface area (Å²) in [5.74, 6) is 0. The Kier molecular flexibility index (Phi) is 3.86. The summed E-state index contributed by atoms with van der Waals surface area (Å²) in [6.07, 6.45) is 3.81. The second-order valence-electron chi connectivity index (χ2n) is 4.75. The standard InChI is InChI=1S/C13H19BN2O/c1-6-13(3,4)11-9(2)16(5)7-10(12(11)17)15-8-14/h6-7,15H,1,8H2,2-5H3. The molecule has 0 aromatic carbocycles. The summed E-state index contributed by atoms with van der Waals surface area (Å²) in [6.45, 7) is 9.71. The van der Waals surface area contributed by atoms with E-state index in [0.717, 1.165) is 11.3 Å². The Hall–Kier alpha value is -1.45. The maximum Gasteiger partial charge on any atom is 0.208 e. The highest BCUT2D eigenvalue weighted by molar-refractivity contribution is 6.10. The number of nitrogens with zero attached hydrogens (tertiary/aromatic N) is 1. The van der Waals surface area contributed by atoms with Crippen LogP contribution < -0.4 is 10.7 Å². The zero-order chi connectivity index (χ0) is 13.2. The van der Waals surface area contributed by atoms with Crippen LogP contribution in [0.5, 0.6) is 0 Å². The third-order valence-corrected chi connectivity index (χ3v) is 3.13. The van der Waals surface area contributed by atoms with Gasteiger partial charge in [-0.05, 0) is 13.4 Å². The minimum atomic E-state index is -0.356. The molecule has 90 valence electrons. The molecule has 0 atom stereocenters. The van der Waals surface area contributed by atoms with Crippen molar-refractivity contribution in [2.24, 2.45) is 7.05 Å². The van der Waals surface area contributed by atoms with E-state index in [1.807, 2.05) is 32.4 Å². The fourth-order valence-corrected chi connectivity index (χ4v) is 1.92. The van der Waals surface area contributed by atoms with E-state index in [9.17, 15) is 4.79 Å². The van der Waals surface area contributed by atoms with Crippen molar-refractivity contribution in [2.45, 2.75) is 26.2 Å². The first kappa shape index (κ1) is 13.6. The van der Waals surface area contributed by atoms with Crippen LogP contribution in [-0.4, -0.2) is 18.9 Å². The van der Waals surface area contributed by atoms with Gasteiger partial charge in [-0.2, -0.15) is 0 Å². The van der Waals surface area contributed by atoms with Gasteiger partial charge < -0.3 is 9.88 Å². The lowest BCUT2D eigenvalue weighted by Crippen LogP contribution is -2.29. The number of anilines is 1. The van der Waals surface area contributed by atoms with E-state index in [1.54, 1.807) is 12.3 Å². The van der Waals surface area contributed by atoms with Gasteiger partial charge >= 0.3 is 0 Å². The smallest absolute Gasteiger partial charge is 0.208 e. The molecule has 0 amide bonds. The number of aryl methyl sites for hydroxylation is 1. The third-order valence-electron chi connectivity index (χ3n) is 3.13. The predicted molar refractivity (Wildman–Crippen MR) is 73.9 cm³/mol. The van der Waals surface area contributed by atoms with Crippen LogP contribution in [0.4, 0.5) is 5.69 Å². The minimum Gasteiger partial charge on any atom is -0.390 e. The molecule has 0 unspecified atom stereocenters. The molecule has 1 N–H and O–H groups in total. The van der Waals surface area contributed by atoms with Crippen molar-refractivity contribution in [1.29, 1.82) is 0 Å². The Morgan fingerprint density at radius 2 is 2.18 bits per heavy atom. The average molecular weight is 230 g/mol. The third kappa shape index (κ3) is 2.46. The molecule has 1 heterocycles. The Balaban J connectivity index is 3.58. The Morgan fingerprint density at radius 1 is 1.59 bits per heavy atom. The zero-order valence-corrected chi connectivity index (χ0v) is 11.0. The monoisotopic (exact) mass is 230 g/mol. The van der Waals surface area contributed by atoms with E-state index >= 15 is 0 Å². The average Bonchev–Trinajstić information content (AvgIpc) is 2.26. The van der Waals surface area contributed by atoms with E-state index in [4.69, 9.17) is 7.85 Å². The van der Waals surface area contributed by atoms with Crippen molar-refractivity contribution in [3.8, 4) is 0 Å². The van der Waals surface area contributed by atoms with Gasteiger partial charge in [0.15, 0.2) is 0 Å². The number of pyridine rings is 1. The van der Waals surface area contributed by atoms with Gasteiger partial charge in [-0.1, -0.05) is 19.9 Å². The largest absolute Gasteiger partial charge is 0.390 e. The van der Waals surface area contributed by atoms with Crippen molar-refractivity contribution in [1.82, 2.24) is 4.57 Å². The molecule has 4 heteroatoms. The summed E-state index contributed by atoms with van der Waals surface area (Å²) < 4.78 is 1.93. The van der Waals surface area contributed by atoms with Gasteiger partial charge in [0.1, 0.15) is 0 Å². The van der Waals surface area contributed by atoms with Crippen LogP contribution in [-0.2, 0) is 12.5 Å². The highest BCUT2D eigenvalue weighted by atomic mass is 16.1. The van der Waals surface area contributed by atoms with E-state index in [0.29, 0.717) is 5.69 Å². The number of hydrogen-bond donors (Lipinski definition) is 1. The van der Waals surface area contributed by atoms with Gasteiger partial charge in [-0.25, -0.2) is 0 Å². The maximum absolute atomic E-state index is 12.4. The summed E-state index contributed by atoms with van der Waals surface area (Å²) in [7, 11) is 7.35. The molecule has 0 aliphatic carbocycles. The van der Waals surface area contributed by atoms with Gasteiger partial charge in [0.2, 0.25) is 5.43 Å². The van der Waals surface area contributed by atoms with Crippen molar-refractivity contribution < 1.29 is 0 Å². The SMILES string of the molecule is [B]CNc1cn(C)c(C)c(C(C)(C)C=C)c1=O. The number of aromatic nitrogens is 1. The van der Waals surface area contributed by atoms with Crippen LogP contribution in [0, 0.1) is 6.92 Å². The minimum absolute atomic E-state index is 0.00375. The molecule has 0 aliphatic rings. The van der Waals surface area contributed by atoms with E-state index in [2.05, 4.69) is 11.9 Å². The van der Waals surface area contributed by atoms with Crippen molar-refractivity contribution in [2.75, 3.05) is 11.8 Å². The second kappa shape index (κ2) is 4.82. The summed E-state index contributed by atoms with van der Waals surface area (Å²) in [4.78, 5) is 12.4. The molecule has 0 bridgehead atoms. The second-order valence-corrected chi connectivity index (χ2v) is 4.75. The summed E-state index contributed by atoms with van der Waals surface area (Å²) in [6, 6.07) is 0. The van der Waals surface area contributed by atoms with Gasteiger partial charge in [0.05, 0.1) is 13.5 Å². The first-order chi connectivity index (χ1) is 7.85. The molecule has 0 spiro atoms. The summed E-state index contributed by atoms with van der Waals surface area (Å²) in [5, 5.41) is 2.89. The first-order valence-electron chi connectivity index (χ1n) is 5.63. The molecule has 3 nitrogen and oxygen atoms in total. The van der Waals surface area contributed by atoms with Crippen LogP contribution in [0.15, 0.2) is 23.6 Å². The molecular weight excluding hydrogens is 211 g/mol. The van der Waals surface area contributed by atoms with Crippen molar-refractivity contribution in [3.63, 3.8) is 0 Å². The number of allylic oxidation sites excluding steroid dienone is 1. The van der Waals surface area contributed by atoms with Crippen LogP contribution in [0.2, 0.25) is 0 Å². The van der Waals surface area contributed by atoms with Gasteiger partial charge in [-0.15, -0.1) is 6.58 Å². The fourth-order valence-electron chi connectivity index (χ4n) is 1.92. The van der Waals surface area contributed by atoms with Gasteiger partial charge in [0, 0.05) is 29.9 Å². The Bertz CT molecular complexity index is 489. The molecule has 0 aliphatic heterocycles. The lowest BCUT2D eigenvalue weighted by atomic mass is 9.83. The molecule has 0 saturated heterocycles. The van der Waals surface area contributed by atoms with E-state index in [-0.39, 0.29) is 17.3 Å². The molecule has 1 rings (SSSR count). The Labute approximate surface area is 104 Å². The number of rotatable bonds is 4. The highest BCUT2D eigenvalue weighted by Gasteiger charge is 2.24.